The van der Waals surface area contributed by atoms with Gasteiger partial charge in [0.15, 0.2) is 11.6 Å². The third-order valence-corrected chi connectivity index (χ3v) is 6.92. The number of anilines is 3. The molecule has 204 valence electrons. The van der Waals surface area contributed by atoms with Gasteiger partial charge in [-0.15, -0.1) is 0 Å². The molecule has 2 N–H and O–H groups in total. The van der Waals surface area contributed by atoms with E-state index >= 15 is 0 Å². The minimum absolute atomic E-state index is 0.0352. The molecular weight excluding hydrogens is 498 g/mol. The molecule has 0 radical (unpaired) electrons. The molecule has 2 saturated heterocycles. The first-order valence-electron chi connectivity index (χ1n) is 13.5. The molecule has 4 aromatic heterocycles. The fourth-order valence-electron chi connectivity index (χ4n) is 4.97. The Bertz CT molecular complexity index is 1350. The Hall–Kier alpha value is -4.03. The van der Waals surface area contributed by atoms with E-state index in [1.165, 1.54) is 0 Å². The largest absolute Gasteiger partial charge is 0.477 e. The molecule has 2 aliphatic heterocycles. The van der Waals surface area contributed by atoms with Gasteiger partial charge < -0.3 is 24.2 Å². The number of aryl methyl sites for hydroxylation is 1. The summed E-state index contributed by atoms with van der Waals surface area (Å²) in [7, 11) is 0. The average molecular weight is 532 g/mol. The Morgan fingerprint density at radius 1 is 1.08 bits per heavy atom. The lowest BCUT2D eigenvalue weighted by Gasteiger charge is -2.26. The van der Waals surface area contributed by atoms with Gasteiger partial charge in [0.25, 0.3) is 0 Å². The van der Waals surface area contributed by atoms with E-state index in [0.717, 1.165) is 75.8 Å². The van der Waals surface area contributed by atoms with Gasteiger partial charge >= 0.3 is 0 Å². The van der Waals surface area contributed by atoms with E-state index in [-0.39, 0.29) is 6.04 Å². The van der Waals surface area contributed by atoms with Crippen molar-refractivity contribution in [2.24, 2.45) is 0 Å². The second-order valence-electron chi connectivity index (χ2n) is 9.79. The third-order valence-electron chi connectivity index (χ3n) is 6.92. The molecule has 39 heavy (non-hydrogen) atoms. The molecule has 2 aliphatic rings. The number of ether oxygens (including phenoxy) is 2. The van der Waals surface area contributed by atoms with E-state index in [1.807, 2.05) is 43.3 Å². The number of nitrogens with zero attached hydrogens (tertiary/aromatic N) is 7. The fraction of sp³-hybridized carbons (Fsp3) is 0.444. The van der Waals surface area contributed by atoms with Gasteiger partial charge in [-0.3, -0.25) is 15.0 Å². The third kappa shape index (κ3) is 6.18. The maximum Gasteiger partial charge on any atom is 0.231 e. The predicted molar refractivity (Wildman–Crippen MR) is 145 cm³/mol. The smallest absolute Gasteiger partial charge is 0.231 e. The van der Waals surface area contributed by atoms with Crippen molar-refractivity contribution >= 4 is 17.6 Å². The van der Waals surface area contributed by atoms with Gasteiger partial charge in [0.1, 0.15) is 11.5 Å². The number of hydrogen-bond acceptors (Lipinski definition) is 11. The number of morpholine rings is 1. The molecule has 1 atom stereocenters. The zero-order valence-corrected chi connectivity index (χ0v) is 22.0. The van der Waals surface area contributed by atoms with Gasteiger partial charge in [-0.05, 0) is 38.3 Å². The highest BCUT2D eigenvalue weighted by Gasteiger charge is 2.32. The molecule has 2 fully saturated rings. The standard InChI is InChI=1S/C27H33N9O3/c1-19-16-25(33-32-19)29-24-18-26(38-13-5-9-35-11-14-37-15-12-35)31-27(30-24)36-10-4-7-22(36)23-17-21(34-39-23)20-6-2-3-8-28-20/h2-3,6,8,16-18,22H,4-5,7,9-15H2,1H3,(H2,29,30,31,32,33). The lowest BCUT2D eigenvalue weighted by molar-refractivity contribution is 0.0357. The van der Waals surface area contributed by atoms with Crippen LogP contribution in [0.4, 0.5) is 17.6 Å². The quantitative estimate of drug-likeness (QED) is 0.290. The number of nitrogens with one attached hydrogen (secondary N) is 2. The van der Waals surface area contributed by atoms with Crippen LogP contribution in [0.2, 0.25) is 0 Å². The summed E-state index contributed by atoms with van der Waals surface area (Å²) in [6.07, 6.45) is 4.55. The van der Waals surface area contributed by atoms with Crippen LogP contribution in [-0.2, 0) is 4.74 Å². The second kappa shape index (κ2) is 11.8. The SMILES string of the molecule is Cc1cc(Nc2cc(OCCCN3CCOCC3)nc(N3CCCC3c3cc(-c4ccccn4)no3)n2)n[nH]1. The van der Waals surface area contributed by atoms with Crippen LogP contribution in [0.15, 0.2) is 47.1 Å². The number of H-pyrrole nitrogens is 1. The van der Waals surface area contributed by atoms with Crippen LogP contribution in [0.1, 0.15) is 36.8 Å². The minimum atomic E-state index is -0.0352. The van der Waals surface area contributed by atoms with Crippen LogP contribution in [0.5, 0.6) is 5.88 Å². The van der Waals surface area contributed by atoms with Gasteiger partial charge in [-0.1, -0.05) is 11.2 Å². The van der Waals surface area contributed by atoms with E-state index in [4.69, 9.17) is 24.0 Å². The topological polar surface area (TPSA) is 130 Å². The summed E-state index contributed by atoms with van der Waals surface area (Å²) in [4.78, 5) is 18.6. The number of pyridine rings is 1. The summed E-state index contributed by atoms with van der Waals surface area (Å²) < 4.78 is 17.4. The highest BCUT2D eigenvalue weighted by Crippen LogP contribution is 2.37. The highest BCUT2D eigenvalue weighted by atomic mass is 16.5. The first-order chi connectivity index (χ1) is 19.2. The summed E-state index contributed by atoms with van der Waals surface area (Å²) >= 11 is 0. The molecule has 12 nitrogen and oxygen atoms in total. The van der Waals surface area contributed by atoms with E-state index in [9.17, 15) is 0 Å². The maximum atomic E-state index is 6.14. The maximum absolute atomic E-state index is 6.14. The summed E-state index contributed by atoms with van der Waals surface area (Å²) in [5.41, 5.74) is 2.45. The summed E-state index contributed by atoms with van der Waals surface area (Å²) in [6.45, 7) is 7.81. The minimum Gasteiger partial charge on any atom is -0.477 e. The highest BCUT2D eigenvalue weighted by molar-refractivity contribution is 5.57. The van der Waals surface area contributed by atoms with Crippen molar-refractivity contribution in [1.82, 2.24) is 35.2 Å². The first kappa shape index (κ1) is 25.3. The lowest BCUT2D eigenvalue weighted by Crippen LogP contribution is -2.37. The van der Waals surface area contributed by atoms with Crippen molar-refractivity contribution in [3.8, 4) is 17.3 Å². The van der Waals surface area contributed by atoms with Crippen LogP contribution in [0.3, 0.4) is 0 Å². The Morgan fingerprint density at radius 3 is 2.82 bits per heavy atom. The van der Waals surface area contributed by atoms with Crippen molar-refractivity contribution in [3.05, 3.63) is 54.0 Å². The van der Waals surface area contributed by atoms with Crippen molar-refractivity contribution in [2.75, 3.05) is 56.2 Å². The van der Waals surface area contributed by atoms with E-state index < -0.39 is 0 Å². The van der Waals surface area contributed by atoms with Crippen LogP contribution in [-0.4, -0.2) is 81.2 Å². The van der Waals surface area contributed by atoms with E-state index in [1.54, 1.807) is 6.20 Å². The molecule has 12 heteroatoms. The monoisotopic (exact) mass is 531 g/mol. The molecule has 1 unspecified atom stereocenters. The number of aromatic nitrogens is 6. The van der Waals surface area contributed by atoms with Gasteiger partial charge in [-0.25, -0.2) is 0 Å². The molecule has 0 saturated carbocycles. The normalized spacial score (nSPS) is 18.0. The van der Waals surface area contributed by atoms with Crippen LogP contribution in [0.25, 0.3) is 11.4 Å². The first-order valence-corrected chi connectivity index (χ1v) is 13.5. The number of aromatic amines is 1. The van der Waals surface area contributed by atoms with E-state index in [0.29, 0.717) is 35.8 Å². The van der Waals surface area contributed by atoms with Crippen LogP contribution < -0.4 is 15.0 Å². The van der Waals surface area contributed by atoms with Crippen molar-refractivity contribution in [2.45, 2.75) is 32.2 Å². The zero-order chi connectivity index (χ0) is 26.4. The van der Waals surface area contributed by atoms with Crippen LogP contribution >= 0.6 is 0 Å². The molecule has 0 aliphatic carbocycles. The Labute approximate surface area is 226 Å². The Kier molecular flexibility index (Phi) is 7.63. The summed E-state index contributed by atoms with van der Waals surface area (Å²) in [5, 5.41) is 14.8. The molecular formula is C27H33N9O3. The van der Waals surface area contributed by atoms with Crippen molar-refractivity contribution in [1.29, 1.82) is 0 Å². The second-order valence-corrected chi connectivity index (χ2v) is 9.79. The number of hydrogen-bond donors (Lipinski definition) is 2. The van der Waals surface area contributed by atoms with Gasteiger partial charge in [-0.2, -0.15) is 15.1 Å². The van der Waals surface area contributed by atoms with Crippen molar-refractivity contribution < 1.29 is 14.0 Å². The fourth-order valence-corrected chi connectivity index (χ4v) is 4.97. The Balaban J connectivity index is 1.20. The van der Waals surface area contributed by atoms with Gasteiger partial charge in [0, 0.05) is 56.3 Å². The lowest BCUT2D eigenvalue weighted by atomic mass is 10.1. The van der Waals surface area contributed by atoms with Gasteiger partial charge in [0.05, 0.1) is 31.6 Å². The molecule has 0 spiro atoms. The predicted octanol–water partition coefficient (Wildman–Crippen LogP) is 3.74. The van der Waals surface area contributed by atoms with Crippen LogP contribution in [0, 0.1) is 6.92 Å². The molecule has 0 amide bonds. The number of rotatable bonds is 10. The molecule has 6 heterocycles. The summed E-state index contributed by atoms with van der Waals surface area (Å²) in [6, 6.07) is 11.4. The molecule has 0 bridgehead atoms. The van der Waals surface area contributed by atoms with E-state index in [2.05, 4.69) is 35.5 Å². The Morgan fingerprint density at radius 2 is 2.00 bits per heavy atom. The van der Waals surface area contributed by atoms with Gasteiger partial charge in [0.2, 0.25) is 11.8 Å². The summed E-state index contributed by atoms with van der Waals surface area (Å²) in [5.74, 6) is 3.17. The molecule has 0 aromatic carbocycles. The zero-order valence-electron chi connectivity index (χ0n) is 22.0. The van der Waals surface area contributed by atoms with Crippen molar-refractivity contribution in [3.63, 3.8) is 0 Å². The average Bonchev–Trinajstić information content (AvgIpc) is 3.73. The molecule has 6 rings (SSSR count). The molecule has 4 aromatic rings.